The predicted octanol–water partition coefficient (Wildman–Crippen LogP) is 2.97. The van der Waals surface area contributed by atoms with E-state index in [9.17, 15) is 5.11 Å². The van der Waals surface area contributed by atoms with Crippen LogP contribution in [0.4, 0.5) is 0 Å². The van der Waals surface area contributed by atoms with E-state index in [-0.39, 0.29) is 6.10 Å². The van der Waals surface area contributed by atoms with Crippen LogP contribution >= 0.6 is 0 Å². The van der Waals surface area contributed by atoms with Crippen LogP contribution < -0.4 is 0 Å². The second-order valence-electron chi connectivity index (χ2n) is 4.26. The molecular weight excluding hydrogens is 148 g/mol. The second kappa shape index (κ2) is 4.86. The van der Waals surface area contributed by atoms with E-state index in [1.165, 1.54) is 32.1 Å². The summed E-state index contributed by atoms with van der Waals surface area (Å²) < 4.78 is 0. The van der Waals surface area contributed by atoms with Crippen LogP contribution in [0.5, 0.6) is 0 Å². The molecule has 1 aliphatic carbocycles. The highest BCUT2D eigenvalue weighted by Crippen LogP contribution is 2.33. The highest BCUT2D eigenvalue weighted by atomic mass is 16.3. The molecule has 0 amide bonds. The molecule has 0 bridgehead atoms. The Morgan fingerprint density at radius 1 is 1.33 bits per heavy atom. The van der Waals surface area contributed by atoms with Crippen molar-refractivity contribution in [2.24, 2.45) is 11.8 Å². The number of rotatable bonds is 3. The maximum absolute atomic E-state index is 9.65. The van der Waals surface area contributed by atoms with Gasteiger partial charge < -0.3 is 5.11 Å². The van der Waals surface area contributed by atoms with Crippen molar-refractivity contribution in [3.8, 4) is 0 Å². The molecule has 12 heavy (non-hydrogen) atoms. The third kappa shape index (κ3) is 2.48. The minimum atomic E-state index is -0.0133. The zero-order valence-corrected chi connectivity index (χ0v) is 8.42. The molecule has 0 saturated heterocycles. The largest absolute Gasteiger partial charge is 0.393 e. The fraction of sp³-hybridized carbons (Fsp3) is 1.00. The Balaban J connectivity index is 2.30. The normalized spacial score (nSPS) is 36.8. The topological polar surface area (TPSA) is 20.2 Å². The van der Waals surface area contributed by atoms with Gasteiger partial charge in [0, 0.05) is 0 Å². The maximum Gasteiger partial charge on any atom is 0.0568 e. The predicted molar refractivity (Wildman–Crippen MR) is 52.0 cm³/mol. The second-order valence-corrected chi connectivity index (χ2v) is 4.26. The molecule has 1 aliphatic rings. The highest BCUT2D eigenvalue weighted by Gasteiger charge is 2.27. The zero-order valence-electron chi connectivity index (χ0n) is 8.42. The van der Waals surface area contributed by atoms with Crippen molar-refractivity contribution < 1.29 is 5.11 Å². The fourth-order valence-electron chi connectivity index (χ4n) is 2.30. The van der Waals surface area contributed by atoms with Crippen molar-refractivity contribution in [3.05, 3.63) is 0 Å². The molecule has 0 spiro atoms. The molecule has 0 aromatic heterocycles. The van der Waals surface area contributed by atoms with Crippen molar-refractivity contribution in [3.63, 3.8) is 0 Å². The number of unbranched alkanes of at least 4 members (excludes halogenated alkanes) is 1. The fourth-order valence-corrected chi connectivity index (χ4v) is 2.30. The van der Waals surface area contributed by atoms with E-state index in [0.29, 0.717) is 5.92 Å². The van der Waals surface area contributed by atoms with Crippen LogP contribution in [0.15, 0.2) is 0 Å². The Labute approximate surface area is 76.2 Å². The quantitative estimate of drug-likeness (QED) is 0.690. The molecule has 1 nitrogen and oxygen atoms in total. The van der Waals surface area contributed by atoms with Gasteiger partial charge in [0.15, 0.2) is 0 Å². The van der Waals surface area contributed by atoms with Gasteiger partial charge in [-0.2, -0.15) is 0 Å². The molecule has 1 fully saturated rings. The number of hydrogen-bond donors (Lipinski definition) is 1. The number of aliphatic hydroxyl groups excluding tert-OH is 1. The third-order valence-electron chi connectivity index (χ3n) is 3.35. The van der Waals surface area contributed by atoms with Gasteiger partial charge >= 0.3 is 0 Å². The summed E-state index contributed by atoms with van der Waals surface area (Å²) in [6.07, 6.45) is 7.55. The highest BCUT2D eigenvalue weighted by molar-refractivity contribution is 4.78. The standard InChI is InChI=1S/C11H22O/c1-3-4-6-10-7-5-8-11(12)9(10)2/h9-12H,3-8H2,1-2H3. The smallest absolute Gasteiger partial charge is 0.0568 e. The van der Waals surface area contributed by atoms with Crippen molar-refractivity contribution >= 4 is 0 Å². The van der Waals surface area contributed by atoms with Crippen molar-refractivity contribution in [1.82, 2.24) is 0 Å². The first-order valence-corrected chi connectivity index (χ1v) is 5.43. The van der Waals surface area contributed by atoms with Gasteiger partial charge in [0.25, 0.3) is 0 Å². The first-order valence-electron chi connectivity index (χ1n) is 5.43. The monoisotopic (exact) mass is 170 g/mol. The van der Waals surface area contributed by atoms with E-state index in [0.717, 1.165) is 12.3 Å². The summed E-state index contributed by atoms with van der Waals surface area (Å²) in [6, 6.07) is 0. The lowest BCUT2D eigenvalue weighted by molar-refractivity contribution is 0.0389. The van der Waals surface area contributed by atoms with E-state index in [1.54, 1.807) is 0 Å². The van der Waals surface area contributed by atoms with E-state index in [2.05, 4.69) is 13.8 Å². The van der Waals surface area contributed by atoms with Gasteiger partial charge in [-0.3, -0.25) is 0 Å². The van der Waals surface area contributed by atoms with Gasteiger partial charge in [0.1, 0.15) is 0 Å². The van der Waals surface area contributed by atoms with E-state index in [1.807, 2.05) is 0 Å². The molecule has 0 heterocycles. The third-order valence-corrected chi connectivity index (χ3v) is 3.35. The summed E-state index contributed by atoms with van der Waals surface area (Å²) in [6.45, 7) is 4.45. The van der Waals surface area contributed by atoms with E-state index < -0.39 is 0 Å². The Hall–Kier alpha value is -0.0400. The van der Waals surface area contributed by atoms with Gasteiger partial charge in [-0.05, 0) is 18.3 Å². The van der Waals surface area contributed by atoms with Crippen LogP contribution in [0.25, 0.3) is 0 Å². The molecule has 0 aromatic rings. The molecule has 3 atom stereocenters. The van der Waals surface area contributed by atoms with Crippen LogP contribution in [0.1, 0.15) is 52.4 Å². The maximum atomic E-state index is 9.65. The average molecular weight is 170 g/mol. The molecule has 0 radical (unpaired) electrons. The summed E-state index contributed by atoms with van der Waals surface area (Å²) >= 11 is 0. The molecule has 0 aromatic carbocycles. The van der Waals surface area contributed by atoms with Crippen LogP contribution in [0.2, 0.25) is 0 Å². The minimum absolute atomic E-state index is 0.0133. The Morgan fingerprint density at radius 3 is 2.75 bits per heavy atom. The molecule has 1 rings (SSSR count). The Bertz CT molecular complexity index is 122. The van der Waals surface area contributed by atoms with Crippen molar-refractivity contribution in [2.45, 2.75) is 58.5 Å². The van der Waals surface area contributed by atoms with Crippen molar-refractivity contribution in [1.29, 1.82) is 0 Å². The summed E-state index contributed by atoms with van der Waals surface area (Å²) in [7, 11) is 0. The molecule has 1 saturated carbocycles. The van der Waals surface area contributed by atoms with E-state index >= 15 is 0 Å². The molecule has 72 valence electrons. The number of hydrogen-bond acceptors (Lipinski definition) is 1. The lowest BCUT2D eigenvalue weighted by atomic mass is 9.76. The first kappa shape index (κ1) is 10.0. The van der Waals surface area contributed by atoms with Crippen LogP contribution in [0, 0.1) is 11.8 Å². The molecule has 1 heteroatoms. The SMILES string of the molecule is CCCCC1CCCC(O)C1C. The molecule has 1 N–H and O–H groups in total. The average Bonchev–Trinajstić information content (AvgIpc) is 2.08. The van der Waals surface area contributed by atoms with Gasteiger partial charge in [-0.25, -0.2) is 0 Å². The molecular formula is C11H22O. The van der Waals surface area contributed by atoms with Crippen molar-refractivity contribution in [2.75, 3.05) is 0 Å². The zero-order chi connectivity index (χ0) is 8.97. The number of aliphatic hydroxyl groups is 1. The first-order chi connectivity index (χ1) is 5.75. The van der Waals surface area contributed by atoms with Crippen LogP contribution in [-0.4, -0.2) is 11.2 Å². The van der Waals surface area contributed by atoms with Crippen LogP contribution in [0.3, 0.4) is 0 Å². The van der Waals surface area contributed by atoms with Gasteiger partial charge in [-0.15, -0.1) is 0 Å². The summed E-state index contributed by atoms with van der Waals surface area (Å²) in [4.78, 5) is 0. The Morgan fingerprint density at radius 2 is 2.08 bits per heavy atom. The lowest BCUT2D eigenvalue weighted by Gasteiger charge is -2.33. The summed E-state index contributed by atoms with van der Waals surface area (Å²) in [5.74, 6) is 1.35. The lowest BCUT2D eigenvalue weighted by Crippen LogP contribution is -2.29. The van der Waals surface area contributed by atoms with Gasteiger partial charge in [-0.1, -0.05) is 46.0 Å². The summed E-state index contributed by atoms with van der Waals surface area (Å²) in [5, 5.41) is 9.65. The minimum Gasteiger partial charge on any atom is -0.393 e. The van der Waals surface area contributed by atoms with Gasteiger partial charge in [0.2, 0.25) is 0 Å². The summed E-state index contributed by atoms with van der Waals surface area (Å²) in [5.41, 5.74) is 0. The van der Waals surface area contributed by atoms with Crippen LogP contribution in [-0.2, 0) is 0 Å². The molecule has 3 unspecified atom stereocenters. The van der Waals surface area contributed by atoms with E-state index in [4.69, 9.17) is 0 Å². The Kier molecular flexibility index (Phi) is 4.07. The van der Waals surface area contributed by atoms with Gasteiger partial charge in [0.05, 0.1) is 6.10 Å². The molecule has 0 aliphatic heterocycles.